The molecule has 0 saturated carbocycles. The van der Waals surface area contributed by atoms with Gasteiger partial charge >= 0.3 is 165 Å². The molecule has 6 heteroatoms. The molecule has 0 saturated heterocycles. The minimum absolute atomic E-state index is 1.42. The summed E-state index contributed by atoms with van der Waals surface area (Å²) in [6, 6.07) is 0. The first-order valence-corrected chi connectivity index (χ1v) is 31.5. The zero-order valence-corrected chi connectivity index (χ0v) is 23.7. The zero-order chi connectivity index (χ0) is 17.5. The molecule has 0 amide bonds. The van der Waals surface area contributed by atoms with Gasteiger partial charge in [0.2, 0.25) is 0 Å². The van der Waals surface area contributed by atoms with E-state index in [2.05, 4.69) is 27.7 Å². The van der Waals surface area contributed by atoms with E-state index in [4.69, 9.17) is 37.7 Å². The van der Waals surface area contributed by atoms with Crippen LogP contribution in [0.1, 0.15) is 79.1 Å². The van der Waals surface area contributed by atoms with Crippen molar-refractivity contribution in [1.82, 2.24) is 0 Å². The average molecular weight is 673 g/mol. The Morgan fingerprint density at radius 1 is 0.545 bits per heavy atom. The van der Waals surface area contributed by atoms with Gasteiger partial charge in [-0.05, 0) is 0 Å². The van der Waals surface area contributed by atoms with Crippen LogP contribution >= 0.6 is 37.7 Å². The number of rotatable bonds is 12. The van der Waals surface area contributed by atoms with E-state index < -0.39 is 30.3 Å². The summed E-state index contributed by atoms with van der Waals surface area (Å²) in [6.45, 7) is 9.48. The van der Waals surface area contributed by atoms with Crippen molar-refractivity contribution >= 4 is 56.0 Å². The minimum atomic E-state index is -3.28. The molecular formula is C16H36Cl4SnW. The van der Waals surface area contributed by atoms with E-state index in [-0.39, 0.29) is 0 Å². The van der Waals surface area contributed by atoms with E-state index in [1.165, 1.54) is 51.4 Å². The van der Waals surface area contributed by atoms with Gasteiger partial charge in [0.05, 0.1) is 0 Å². The van der Waals surface area contributed by atoms with Crippen LogP contribution in [0.3, 0.4) is 0 Å². The molecule has 138 valence electrons. The molecule has 0 fully saturated rings. The summed E-state index contributed by atoms with van der Waals surface area (Å²) in [7, 11) is 20.1. The normalized spacial score (nSPS) is 12.7. The predicted molar refractivity (Wildman–Crippen MR) is 108 cm³/mol. The molecule has 0 bridgehead atoms. The van der Waals surface area contributed by atoms with Gasteiger partial charge in [-0.3, -0.25) is 0 Å². The topological polar surface area (TPSA) is 0 Å². The van der Waals surface area contributed by atoms with Crippen LogP contribution in [0.25, 0.3) is 0 Å². The maximum absolute atomic E-state index is 5.03. The van der Waals surface area contributed by atoms with Crippen molar-refractivity contribution in [2.24, 2.45) is 0 Å². The molecule has 0 aliphatic rings. The average Bonchev–Trinajstić information content (AvgIpc) is 2.44. The summed E-state index contributed by atoms with van der Waals surface area (Å²) >= 11 is -4.97. The van der Waals surface area contributed by atoms with E-state index >= 15 is 0 Å². The van der Waals surface area contributed by atoms with Crippen molar-refractivity contribution in [2.45, 2.75) is 96.8 Å². The Bertz CT molecular complexity index is 191. The molecular weight excluding hydrogens is 637 g/mol. The predicted octanol–water partition coefficient (Wildman–Crippen LogP) is 9.39. The Morgan fingerprint density at radius 2 is 0.727 bits per heavy atom. The van der Waals surface area contributed by atoms with Crippen LogP contribution in [0, 0.1) is 0 Å². The molecule has 0 aliphatic carbocycles. The van der Waals surface area contributed by atoms with Gasteiger partial charge in [-0.1, -0.05) is 0 Å². The zero-order valence-electron chi connectivity index (χ0n) is 14.9. The van der Waals surface area contributed by atoms with Crippen LogP contribution in [0.5, 0.6) is 0 Å². The molecule has 0 heterocycles. The third-order valence-electron chi connectivity index (χ3n) is 4.24. The molecule has 0 N–H and O–H groups in total. The quantitative estimate of drug-likeness (QED) is 0.181. The molecule has 0 spiro atoms. The second-order valence-corrected chi connectivity index (χ2v) is 46.0. The summed E-state index contributed by atoms with van der Waals surface area (Å²) in [5, 5.41) is 0. The fourth-order valence-electron chi connectivity index (χ4n) is 2.96. The molecule has 0 aromatic heterocycles. The molecule has 22 heavy (non-hydrogen) atoms. The second-order valence-electron chi connectivity index (χ2n) is 6.26. The fourth-order valence-corrected chi connectivity index (χ4v) is 19.8. The molecule has 0 aromatic rings. The first-order chi connectivity index (χ1) is 10.2. The number of unbranched alkanes of at least 4 members (excludes halogenated alkanes) is 4. The van der Waals surface area contributed by atoms with Gasteiger partial charge in [-0.2, -0.15) is 0 Å². The summed E-state index contributed by atoms with van der Waals surface area (Å²) in [6.07, 6.45) is 11.8. The van der Waals surface area contributed by atoms with E-state index in [0.717, 1.165) is 0 Å². The van der Waals surface area contributed by atoms with Gasteiger partial charge in [0.15, 0.2) is 0 Å². The van der Waals surface area contributed by atoms with E-state index in [0.29, 0.717) is 0 Å². The molecule has 0 aliphatic heterocycles. The van der Waals surface area contributed by atoms with Gasteiger partial charge in [0.1, 0.15) is 0 Å². The van der Waals surface area contributed by atoms with Crippen molar-refractivity contribution in [3.05, 3.63) is 0 Å². The van der Waals surface area contributed by atoms with Gasteiger partial charge in [-0.15, -0.1) is 0 Å². The van der Waals surface area contributed by atoms with Crippen LogP contribution in [0.2, 0.25) is 17.7 Å². The number of halogens is 4. The SMILES string of the molecule is CCC[CH2][Sn]([CH2]CCC)([CH2]CCC)[CH2]CCC.[Cl][W]([Cl])([Cl])[Cl]. The Hall–Kier alpha value is 2.65. The molecule has 0 unspecified atom stereocenters. The summed E-state index contributed by atoms with van der Waals surface area (Å²) in [5.74, 6) is 0. The molecule has 0 atom stereocenters. The van der Waals surface area contributed by atoms with Crippen LogP contribution in [-0.2, 0) is 11.9 Å². The van der Waals surface area contributed by atoms with Crippen molar-refractivity contribution in [1.29, 1.82) is 0 Å². The molecule has 0 aromatic carbocycles. The first-order valence-electron chi connectivity index (χ1n) is 8.86. The van der Waals surface area contributed by atoms with Gasteiger partial charge in [0, 0.05) is 0 Å². The van der Waals surface area contributed by atoms with Gasteiger partial charge in [0.25, 0.3) is 0 Å². The van der Waals surface area contributed by atoms with E-state index in [9.17, 15) is 0 Å². The number of hydrogen-bond acceptors (Lipinski definition) is 0. The standard InChI is InChI=1S/4C4H9.4ClH.Sn.W/c4*1-3-4-2;;;;;;/h4*1,3-4H2,2H3;4*1H;;/q;;;;;;;;;+4/p-4. The summed E-state index contributed by atoms with van der Waals surface area (Å²) in [4.78, 5) is 0. The monoisotopic (exact) mass is 672 g/mol. The molecule has 0 nitrogen and oxygen atoms in total. The van der Waals surface area contributed by atoms with Crippen molar-refractivity contribution in [3.63, 3.8) is 0 Å². The van der Waals surface area contributed by atoms with E-state index in [1.54, 1.807) is 17.7 Å². The van der Waals surface area contributed by atoms with Crippen LogP contribution in [-0.4, -0.2) is 18.4 Å². The van der Waals surface area contributed by atoms with Crippen molar-refractivity contribution in [3.8, 4) is 0 Å². The number of hydrogen-bond donors (Lipinski definition) is 0. The van der Waals surface area contributed by atoms with Crippen LogP contribution in [0.15, 0.2) is 0 Å². The first kappa shape index (κ1) is 26.9. The van der Waals surface area contributed by atoms with E-state index in [1.807, 2.05) is 0 Å². The summed E-state index contributed by atoms with van der Waals surface area (Å²) in [5.41, 5.74) is 0. The third kappa shape index (κ3) is 20.7. The maximum atomic E-state index is 5.03. The van der Waals surface area contributed by atoms with Gasteiger partial charge < -0.3 is 0 Å². The Labute approximate surface area is 163 Å². The Morgan fingerprint density at radius 3 is 0.864 bits per heavy atom. The Balaban J connectivity index is 0. The second kappa shape index (κ2) is 17.1. The van der Waals surface area contributed by atoms with Crippen LogP contribution in [0.4, 0.5) is 0 Å². The molecule has 0 rings (SSSR count). The molecule has 0 radical (unpaired) electrons. The van der Waals surface area contributed by atoms with Crippen molar-refractivity contribution in [2.75, 3.05) is 0 Å². The van der Waals surface area contributed by atoms with Crippen molar-refractivity contribution < 1.29 is 11.9 Å². The third-order valence-corrected chi connectivity index (χ3v) is 20.4. The summed E-state index contributed by atoms with van der Waals surface area (Å²) < 4.78 is 6.80. The van der Waals surface area contributed by atoms with Gasteiger partial charge in [-0.25, -0.2) is 0 Å². The fraction of sp³-hybridized carbons (Fsp3) is 1.00. The Kier molecular flexibility index (Phi) is 20.9. The van der Waals surface area contributed by atoms with Crippen LogP contribution < -0.4 is 0 Å².